The third-order valence-corrected chi connectivity index (χ3v) is 5.65. The smallest absolute Gasteiger partial charge is 0.341 e. The summed E-state index contributed by atoms with van der Waals surface area (Å²) < 4.78 is 3.69. The molecule has 1 aliphatic rings. The number of aromatic carboxylic acids is 1. The summed E-state index contributed by atoms with van der Waals surface area (Å²) in [6.07, 6.45) is 10.6. The van der Waals surface area contributed by atoms with Crippen LogP contribution in [-0.4, -0.2) is 30.3 Å². The van der Waals surface area contributed by atoms with Gasteiger partial charge in [-0.15, -0.1) is 0 Å². The Balaban J connectivity index is 1.84. The highest BCUT2D eigenvalue weighted by atomic mass is 16.4. The highest BCUT2D eigenvalue weighted by molar-refractivity contribution is 5.87. The molecule has 27 heavy (non-hydrogen) atoms. The van der Waals surface area contributed by atoms with Gasteiger partial charge in [-0.3, -0.25) is 9.78 Å². The second-order valence-electron chi connectivity index (χ2n) is 7.38. The van der Waals surface area contributed by atoms with Crippen LogP contribution in [0.5, 0.6) is 5.75 Å². The number of carboxylic acids is 1. The normalized spacial score (nSPS) is 16.0. The third-order valence-electron chi connectivity index (χ3n) is 5.65. The summed E-state index contributed by atoms with van der Waals surface area (Å²) in [5.41, 5.74) is 1.64. The molecule has 0 atom stereocenters. The molecule has 0 unspecified atom stereocenters. The fraction of sp³-hybridized carbons (Fsp3) is 0.350. The largest absolute Gasteiger partial charge is 0.503 e. The van der Waals surface area contributed by atoms with Crippen LogP contribution in [-0.2, 0) is 19.0 Å². The van der Waals surface area contributed by atoms with Crippen LogP contribution in [0.2, 0.25) is 0 Å². The van der Waals surface area contributed by atoms with Gasteiger partial charge in [0.25, 0.3) is 0 Å². The molecule has 1 fully saturated rings. The summed E-state index contributed by atoms with van der Waals surface area (Å²) in [6, 6.07) is 3.94. The standard InChI is InChI=1S/C20H21N3O4/c1-22-10-14(17-15(22)5-4-8-21-17)20(6-2-3-7-20)12-23-9-13(19(26)27)18(25)16(24)11-23/h4-5,8-11,24H,2-3,6-7,12H2,1H3,(H,26,27). The topological polar surface area (TPSA) is 97.3 Å². The maximum absolute atomic E-state index is 11.9. The van der Waals surface area contributed by atoms with Gasteiger partial charge in [-0.1, -0.05) is 12.8 Å². The van der Waals surface area contributed by atoms with E-state index in [1.165, 1.54) is 12.4 Å². The van der Waals surface area contributed by atoms with Crippen molar-refractivity contribution >= 4 is 17.0 Å². The lowest BCUT2D eigenvalue weighted by Crippen LogP contribution is -2.30. The Morgan fingerprint density at radius 2 is 2.00 bits per heavy atom. The Morgan fingerprint density at radius 3 is 2.70 bits per heavy atom. The summed E-state index contributed by atoms with van der Waals surface area (Å²) in [6.45, 7) is 0.483. The fourth-order valence-corrected chi connectivity index (χ4v) is 4.37. The molecule has 3 aromatic rings. The molecule has 4 rings (SSSR count). The van der Waals surface area contributed by atoms with Crippen LogP contribution in [0, 0.1) is 0 Å². The summed E-state index contributed by atoms with van der Waals surface area (Å²) >= 11 is 0. The molecular weight excluding hydrogens is 346 g/mol. The second kappa shape index (κ2) is 6.26. The van der Waals surface area contributed by atoms with Crippen molar-refractivity contribution in [2.45, 2.75) is 37.6 Å². The highest BCUT2D eigenvalue weighted by Gasteiger charge is 2.38. The zero-order valence-electron chi connectivity index (χ0n) is 15.1. The van der Waals surface area contributed by atoms with Crippen LogP contribution < -0.4 is 5.43 Å². The van der Waals surface area contributed by atoms with Gasteiger partial charge in [0.15, 0.2) is 5.75 Å². The summed E-state index contributed by atoms with van der Waals surface area (Å²) in [5, 5.41) is 19.2. The molecule has 7 nitrogen and oxygen atoms in total. The zero-order chi connectivity index (χ0) is 19.2. The van der Waals surface area contributed by atoms with Gasteiger partial charge in [0.1, 0.15) is 5.56 Å². The number of rotatable bonds is 4. The van der Waals surface area contributed by atoms with E-state index >= 15 is 0 Å². The molecule has 0 aromatic carbocycles. The molecule has 3 heterocycles. The Bertz CT molecular complexity index is 1090. The Kier molecular flexibility index (Phi) is 4.02. The lowest BCUT2D eigenvalue weighted by molar-refractivity contribution is 0.0693. The van der Waals surface area contributed by atoms with E-state index in [0.717, 1.165) is 42.3 Å². The molecule has 140 valence electrons. The molecule has 0 aliphatic heterocycles. The predicted octanol–water partition coefficient (Wildman–Crippen LogP) is 2.65. The van der Waals surface area contributed by atoms with Gasteiger partial charge in [0.05, 0.1) is 11.0 Å². The quantitative estimate of drug-likeness (QED) is 0.739. The van der Waals surface area contributed by atoms with Crippen molar-refractivity contribution in [1.29, 1.82) is 0 Å². The van der Waals surface area contributed by atoms with Crippen LogP contribution in [0.4, 0.5) is 0 Å². The van der Waals surface area contributed by atoms with E-state index in [9.17, 15) is 19.8 Å². The monoisotopic (exact) mass is 367 g/mol. The Labute approximate surface area is 155 Å². The average molecular weight is 367 g/mol. The molecule has 1 saturated carbocycles. The first-order valence-corrected chi connectivity index (χ1v) is 8.98. The molecule has 1 aliphatic carbocycles. The zero-order valence-corrected chi connectivity index (χ0v) is 15.1. The van der Waals surface area contributed by atoms with Crippen LogP contribution >= 0.6 is 0 Å². The van der Waals surface area contributed by atoms with Crippen LogP contribution in [0.3, 0.4) is 0 Å². The Morgan fingerprint density at radius 1 is 1.26 bits per heavy atom. The van der Waals surface area contributed by atoms with Crippen LogP contribution in [0.25, 0.3) is 11.0 Å². The minimum absolute atomic E-state index is 0.217. The molecular formula is C20H21N3O4. The first kappa shape index (κ1) is 17.3. The second-order valence-corrected chi connectivity index (χ2v) is 7.38. The van der Waals surface area contributed by atoms with E-state index in [2.05, 4.69) is 15.7 Å². The number of nitrogens with zero attached hydrogens (tertiary/aromatic N) is 3. The fourth-order valence-electron chi connectivity index (χ4n) is 4.37. The SMILES string of the molecule is Cn1cc(C2(Cn3cc(O)c(=O)c(C(=O)O)c3)CCCC2)c2ncccc21. The summed E-state index contributed by atoms with van der Waals surface area (Å²) in [4.78, 5) is 27.8. The van der Waals surface area contributed by atoms with Crippen LogP contribution in [0.15, 0.2) is 41.7 Å². The van der Waals surface area contributed by atoms with E-state index in [-0.39, 0.29) is 5.41 Å². The van der Waals surface area contributed by atoms with Gasteiger partial charge in [-0.2, -0.15) is 0 Å². The number of fused-ring (bicyclic) bond motifs is 1. The molecule has 7 heteroatoms. The van der Waals surface area contributed by atoms with Crippen molar-refractivity contribution in [2.24, 2.45) is 7.05 Å². The van der Waals surface area contributed by atoms with Crippen molar-refractivity contribution in [3.05, 3.63) is 58.3 Å². The maximum Gasteiger partial charge on any atom is 0.341 e. The molecule has 3 aromatic heterocycles. The van der Waals surface area contributed by atoms with Gasteiger partial charge >= 0.3 is 5.97 Å². The lowest BCUT2D eigenvalue weighted by atomic mass is 9.79. The number of pyridine rings is 2. The van der Waals surface area contributed by atoms with Crippen molar-refractivity contribution in [2.75, 3.05) is 0 Å². The molecule has 0 bridgehead atoms. The van der Waals surface area contributed by atoms with Gasteiger partial charge in [-0.05, 0) is 25.0 Å². The minimum Gasteiger partial charge on any atom is -0.503 e. The Hall–Kier alpha value is -3.09. The number of hydrogen-bond acceptors (Lipinski definition) is 4. The van der Waals surface area contributed by atoms with E-state index in [1.54, 1.807) is 10.8 Å². The summed E-state index contributed by atoms with van der Waals surface area (Å²) in [7, 11) is 1.99. The van der Waals surface area contributed by atoms with Crippen LogP contribution in [0.1, 0.15) is 41.6 Å². The van der Waals surface area contributed by atoms with Gasteiger partial charge in [-0.25, -0.2) is 4.79 Å². The number of aromatic hydroxyl groups is 1. The highest BCUT2D eigenvalue weighted by Crippen LogP contribution is 2.45. The predicted molar refractivity (Wildman–Crippen MR) is 100 cm³/mol. The van der Waals surface area contributed by atoms with Crippen molar-refractivity contribution < 1.29 is 15.0 Å². The number of aryl methyl sites for hydroxylation is 1. The number of aromatic nitrogens is 3. The van der Waals surface area contributed by atoms with Gasteiger partial charge < -0.3 is 19.3 Å². The molecule has 0 saturated heterocycles. The third kappa shape index (κ3) is 2.79. The lowest BCUT2D eigenvalue weighted by Gasteiger charge is -2.30. The molecule has 0 radical (unpaired) electrons. The van der Waals surface area contributed by atoms with Gasteiger partial charge in [0, 0.05) is 49.4 Å². The van der Waals surface area contributed by atoms with Gasteiger partial charge in [0.2, 0.25) is 5.43 Å². The van der Waals surface area contributed by atoms with E-state index in [1.807, 2.05) is 19.2 Å². The van der Waals surface area contributed by atoms with Crippen molar-refractivity contribution in [1.82, 2.24) is 14.1 Å². The average Bonchev–Trinajstić information content (AvgIpc) is 3.24. The number of carboxylic acid groups (broad SMARTS) is 1. The van der Waals surface area contributed by atoms with E-state index < -0.39 is 22.7 Å². The van der Waals surface area contributed by atoms with E-state index in [0.29, 0.717) is 6.54 Å². The number of carbonyl (C=O) groups is 1. The van der Waals surface area contributed by atoms with Crippen molar-refractivity contribution in [3.63, 3.8) is 0 Å². The minimum atomic E-state index is -1.34. The number of hydrogen-bond donors (Lipinski definition) is 2. The van der Waals surface area contributed by atoms with E-state index in [4.69, 9.17) is 0 Å². The molecule has 2 N–H and O–H groups in total. The summed E-state index contributed by atoms with van der Waals surface area (Å²) in [5.74, 6) is -1.88. The first-order chi connectivity index (χ1) is 12.9. The molecule has 0 amide bonds. The van der Waals surface area contributed by atoms with Crippen molar-refractivity contribution in [3.8, 4) is 5.75 Å². The first-order valence-electron chi connectivity index (χ1n) is 8.98. The molecule has 0 spiro atoms. The maximum atomic E-state index is 11.9.